The van der Waals surface area contributed by atoms with Gasteiger partial charge in [0.1, 0.15) is 0 Å². The minimum Gasteiger partial charge on any atom is -0.312 e. The molecule has 3 atom stereocenters. The second-order valence-electron chi connectivity index (χ2n) is 5.51. The number of piperidine rings is 1. The third kappa shape index (κ3) is 2.24. The van der Waals surface area contributed by atoms with E-state index in [1.54, 1.807) is 0 Å². The summed E-state index contributed by atoms with van der Waals surface area (Å²) in [5.41, 5.74) is 1.44. The summed E-state index contributed by atoms with van der Waals surface area (Å²) in [6, 6.07) is 12.3. The van der Waals surface area contributed by atoms with Crippen LogP contribution in [0.3, 0.4) is 0 Å². The standard InChI is InChI=1S/C15H22N2/c1-12-15-14(7-9-16-15)8-10-17(12)11-13-5-3-2-4-6-13/h2-6,12,14-16H,7-11H2,1H3. The highest BCUT2D eigenvalue weighted by atomic mass is 15.2. The zero-order valence-corrected chi connectivity index (χ0v) is 10.6. The van der Waals surface area contributed by atoms with Crippen molar-refractivity contribution in [2.75, 3.05) is 13.1 Å². The summed E-state index contributed by atoms with van der Waals surface area (Å²) in [4.78, 5) is 2.63. The van der Waals surface area contributed by atoms with E-state index in [1.807, 2.05) is 0 Å². The second-order valence-corrected chi connectivity index (χ2v) is 5.51. The Morgan fingerprint density at radius 2 is 2.06 bits per heavy atom. The van der Waals surface area contributed by atoms with E-state index >= 15 is 0 Å². The molecule has 2 aliphatic rings. The predicted octanol–water partition coefficient (Wildman–Crippen LogP) is 2.26. The Bertz CT molecular complexity index is 362. The van der Waals surface area contributed by atoms with Gasteiger partial charge in [-0.05, 0) is 44.3 Å². The molecule has 2 fully saturated rings. The number of likely N-dealkylation sites (tertiary alicyclic amines) is 1. The fourth-order valence-electron chi connectivity index (χ4n) is 3.47. The lowest BCUT2D eigenvalue weighted by Gasteiger charge is -2.41. The van der Waals surface area contributed by atoms with E-state index in [-0.39, 0.29) is 0 Å². The van der Waals surface area contributed by atoms with Crippen molar-refractivity contribution in [2.24, 2.45) is 5.92 Å². The van der Waals surface area contributed by atoms with Gasteiger partial charge in [-0.25, -0.2) is 0 Å². The fraction of sp³-hybridized carbons (Fsp3) is 0.600. The summed E-state index contributed by atoms with van der Waals surface area (Å²) in [5, 5.41) is 3.68. The molecule has 2 heteroatoms. The lowest BCUT2D eigenvalue weighted by Crippen LogP contribution is -2.52. The van der Waals surface area contributed by atoms with Gasteiger partial charge in [0.25, 0.3) is 0 Å². The molecule has 1 aromatic rings. The minimum absolute atomic E-state index is 0.677. The third-order valence-electron chi connectivity index (χ3n) is 4.51. The van der Waals surface area contributed by atoms with Gasteiger partial charge in [0, 0.05) is 18.6 Å². The highest BCUT2D eigenvalue weighted by Crippen LogP contribution is 2.30. The van der Waals surface area contributed by atoms with Gasteiger partial charge in [0.05, 0.1) is 0 Å². The van der Waals surface area contributed by atoms with Gasteiger partial charge in [0.2, 0.25) is 0 Å². The van der Waals surface area contributed by atoms with Crippen LogP contribution in [0.2, 0.25) is 0 Å². The molecule has 2 heterocycles. The molecule has 17 heavy (non-hydrogen) atoms. The van der Waals surface area contributed by atoms with Crippen LogP contribution in [-0.2, 0) is 6.54 Å². The average molecular weight is 230 g/mol. The molecule has 92 valence electrons. The summed E-state index contributed by atoms with van der Waals surface area (Å²) in [7, 11) is 0. The molecule has 0 radical (unpaired) electrons. The molecule has 3 rings (SSSR count). The lowest BCUT2D eigenvalue weighted by molar-refractivity contribution is 0.0967. The van der Waals surface area contributed by atoms with Crippen molar-refractivity contribution in [3.05, 3.63) is 35.9 Å². The topological polar surface area (TPSA) is 15.3 Å². The third-order valence-corrected chi connectivity index (χ3v) is 4.51. The number of benzene rings is 1. The van der Waals surface area contributed by atoms with Gasteiger partial charge in [-0.2, -0.15) is 0 Å². The van der Waals surface area contributed by atoms with Gasteiger partial charge >= 0.3 is 0 Å². The van der Waals surface area contributed by atoms with Crippen LogP contribution in [0.4, 0.5) is 0 Å². The molecule has 2 aliphatic heterocycles. The van der Waals surface area contributed by atoms with Gasteiger partial charge in [-0.1, -0.05) is 30.3 Å². The fourth-order valence-corrected chi connectivity index (χ4v) is 3.47. The molecule has 1 N–H and O–H groups in total. The predicted molar refractivity (Wildman–Crippen MR) is 70.8 cm³/mol. The first-order chi connectivity index (χ1) is 8.34. The van der Waals surface area contributed by atoms with Crippen LogP contribution in [0.1, 0.15) is 25.3 Å². The highest BCUT2D eigenvalue weighted by Gasteiger charge is 2.37. The smallest absolute Gasteiger partial charge is 0.0250 e. The maximum atomic E-state index is 3.68. The molecule has 0 saturated carbocycles. The lowest BCUT2D eigenvalue weighted by atomic mass is 9.87. The van der Waals surface area contributed by atoms with Crippen LogP contribution < -0.4 is 5.32 Å². The zero-order valence-electron chi connectivity index (χ0n) is 10.6. The maximum absolute atomic E-state index is 3.68. The van der Waals surface area contributed by atoms with Crippen LogP contribution in [0, 0.1) is 5.92 Å². The van der Waals surface area contributed by atoms with Gasteiger partial charge in [0.15, 0.2) is 0 Å². The van der Waals surface area contributed by atoms with Gasteiger partial charge in [-0.3, -0.25) is 4.90 Å². The number of fused-ring (bicyclic) bond motifs is 1. The second kappa shape index (κ2) is 4.79. The molecular formula is C15H22N2. The van der Waals surface area contributed by atoms with E-state index in [4.69, 9.17) is 0 Å². The summed E-state index contributed by atoms with van der Waals surface area (Å²) in [5.74, 6) is 0.928. The molecule has 0 spiro atoms. The van der Waals surface area contributed by atoms with E-state index in [2.05, 4.69) is 47.5 Å². The maximum Gasteiger partial charge on any atom is 0.0250 e. The molecule has 0 aliphatic carbocycles. The molecule has 2 saturated heterocycles. The van der Waals surface area contributed by atoms with E-state index in [9.17, 15) is 0 Å². The van der Waals surface area contributed by atoms with Crippen molar-refractivity contribution < 1.29 is 0 Å². The number of hydrogen-bond acceptors (Lipinski definition) is 2. The number of nitrogens with zero attached hydrogens (tertiary/aromatic N) is 1. The summed E-state index contributed by atoms with van der Waals surface area (Å²) in [6.45, 7) is 5.97. The Balaban J connectivity index is 1.68. The van der Waals surface area contributed by atoms with Gasteiger partial charge in [-0.15, -0.1) is 0 Å². The molecule has 1 aromatic carbocycles. The van der Waals surface area contributed by atoms with Crippen LogP contribution >= 0.6 is 0 Å². The van der Waals surface area contributed by atoms with Crippen LogP contribution in [-0.4, -0.2) is 30.1 Å². The quantitative estimate of drug-likeness (QED) is 0.838. The van der Waals surface area contributed by atoms with E-state index < -0.39 is 0 Å². The Hall–Kier alpha value is -0.860. The Kier molecular flexibility index (Phi) is 3.17. The molecular weight excluding hydrogens is 208 g/mol. The monoisotopic (exact) mass is 230 g/mol. The Labute approximate surface area is 104 Å². The Morgan fingerprint density at radius 3 is 2.88 bits per heavy atom. The highest BCUT2D eigenvalue weighted by molar-refractivity contribution is 5.15. The number of rotatable bonds is 2. The Morgan fingerprint density at radius 1 is 1.24 bits per heavy atom. The summed E-state index contributed by atoms with van der Waals surface area (Å²) >= 11 is 0. The van der Waals surface area contributed by atoms with E-state index in [0.717, 1.165) is 18.5 Å². The first-order valence-corrected chi connectivity index (χ1v) is 6.86. The number of hydrogen-bond donors (Lipinski definition) is 1. The molecule has 0 bridgehead atoms. The van der Waals surface area contributed by atoms with Crippen molar-refractivity contribution in [1.82, 2.24) is 10.2 Å². The molecule has 2 nitrogen and oxygen atoms in total. The van der Waals surface area contributed by atoms with E-state index in [1.165, 1.54) is 31.5 Å². The van der Waals surface area contributed by atoms with Crippen molar-refractivity contribution in [3.63, 3.8) is 0 Å². The summed E-state index contributed by atoms with van der Waals surface area (Å²) < 4.78 is 0. The summed E-state index contributed by atoms with van der Waals surface area (Å²) in [6.07, 6.45) is 2.75. The molecule has 0 aromatic heterocycles. The first-order valence-electron chi connectivity index (χ1n) is 6.86. The molecule has 3 unspecified atom stereocenters. The van der Waals surface area contributed by atoms with Crippen LogP contribution in [0.15, 0.2) is 30.3 Å². The van der Waals surface area contributed by atoms with E-state index in [0.29, 0.717) is 6.04 Å². The first kappa shape index (κ1) is 11.2. The van der Waals surface area contributed by atoms with Crippen molar-refractivity contribution >= 4 is 0 Å². The van der Waals surface area contributed by atoms with Crippen LogP contribution in [0.25, 0.3) is 0 Å². The largest absolute Gasteiger partial charge is 0.312 e. The van der Waals surface area contributed by atoms with Crippen molar-refractivity contribution in [1.29, 1.82) is 0 Å². The van der Waals surface area contributed by atoms with Crippen molar-refractivity contribution in [3.8, 4) is 0 Å². The normalized spacial score (nSPS) is 33.6. The molecule has 0 amide bonds. The zero-order chi connectivity index (χ0) is 11.7. The SMILES string of the molecule is CC1C2NCCC2CCN1Cc1ccccc1. The van der Waals surface area contributed by atoms with Crippen molar-refractivity contribution in [2.45, 2.75) is 38.4 Å². The minimum atomic E-state index is 0.677. The van der Waals surface area contributed by atoms with Gasteiger partial charge < -0.3 is 5.32 Å². The number of nitrogens with one attached hydrogen (secondary N) is 1. The average Bonchev–Trinajstić information content (AvgIpc) is 2.83. The van der Waals surface area contributed by atoms with Crippen LogP contribution in [0.5, 0.6) is 0 Å².